The molecule has 3 heterocycles. The lowest BCUT2D eigenvalue weighted by Crippen LogP contribution is -2.34. The molecular formula is C17H17N5O3. The van der Waals surface area contributed by atoms with Gasteiger partial charge in [0.15, 0.2) is 0 Å². The number of aromatic nitrogens is 2. The molecule has 0 unspecified atom stereocenters. The number of anilines is 2. The maximum atomic E-state index is 10.9. The number of rotatable bonds is 3. The molecule has 1 aliphatic rings. The monoisotopic (exact) mass is 339 g/mol. The van der Waals surface area contributed by atoms with Crippen LogP contribution in [-0.2, 0) is 0 Å². The summed E-state index contributed by atoms with van der Waals surface area (Å²) >= 11 is 0. The van der Waals surface area contributed by atoms with Gasteiger partial charge in [0, 0.05) is 38.6 Å². The summed E-state index contributed by atoms with van der Waals surface area (Å²) in [5, 5.41) is 28.5. The van der Waals surface area contributed by atoms with Gasteiger partial charge in [0.05, 0.1) is 17.2 Å². The molecule has 2 aromatic rings. The summed E-state index contributed by atoms with van der Waals surface area (Å²) in [6, 6.07) is 8.65. The molecule has 0 aromatic carbocycles. The molecule has 1 saturated heterocycles. The number of pyridine rings is 2. The highest BCUT2D eigenvalue weighted by Crippen LogP contribution is 2.20. The highest BCUT2D eigenvalue weighted by molar-refractivity contribution is 5.87. The van der Waals surface area contributed by atoms with E-state index in [-0.39, 0.29) is 5.56 Å². The van der Waals surface area contributed by atoms with Crippen molar-refractivity contribution in [2.45, 2.75) is 6.10 Å². The second-order valence-corrected chi connectivity index (χ2v) is 5.74. The Morgan fingerprint density at radius 1 is 1.20 bits per heavy atom. The Morgan fingerprint density at radius 2 is 1.96 bits per heavy atom. The number of carbonyl (C=O) groups is 1. The molecule has 2 N–H and O–H groups in total. The Labute approximate surface area is 144 Å². The molecule has 0 spiro atoms. The SMILES string of the molecule is N#Cc1cccnc1N1CCN(c2ccc(C(=O)O)cn2)C[C@H](O)C1. The number of nitriles is 1. The van der Waals surface area contributed by atoms with Crippen molar-refractivity contribution in [3.8, 4) is 6.07 Å². The predicted molar refractivity (Wildman–Crippen MR) is 90.6 cm³/mol. The number of hydrogen-bond donors (Lipinski definition) is 2. The molecule has 0 radical (unpaired) electrons. The molecule has 0 bridgehead atoms. The van der Waals surface area contributed by atoms with Crippen molar-refractivity contribution >= 4 is 17.6 Å². The molecule has 2 aromatic heterocycles. The van der Waals surface area contributed by atoms with E-state index in [9.17, 15) is 15.2 Å². The molecule has 25 heavy (non-hydrogen) atoms. The van der Waals surface area contributed by atoms with E-state index in [1.165, 1.54) is 12.3 Å². The van der Waals surface area contributed by atoms with Crippen molar-refractivity contribution in [3.05, 3.63) is 47.8 Å². The van der Waals surface area contributed by atoms with E-state index in [4.69, 9.17) is 5.11 Å². The van der Waals surface area contributed by atoms with E-state index in [1.807, 2.05) is 9.80 Å². The number of carboxylic acids is 1. The average molecular weight is 339 g/mol. The number of carboxylic acid groups (broad SMARTS) is 1. The summed E-state index contributed by atoms with van der Waals surface area (Å²) in [7, 11) is 0. The van der Waals surface area contributed by atoms with Gasteiger partial charge in [-0.2, -0.15) is 5.26 Å². The maximum absolute atomic E-state index is 10.9. The van der Waals surface area contributed by atoms with Gasteiger partial charge in [-0.25, -0.2) is 14.8 Å². The largest absolute Gasteiger partial charge is 0.478 e. The first-order chi connectivity index (χ1) is 12.1. The zero-order chi connectivity index (χ0) is 17.8. The van der Waals surface area contributed by atoms with Crippen LogP contribution in [0.25, 0.3) is 0 Å². The van der Waals surface area contributed by atoms with Crippen LogP contribution in [-0.4, -0.2) is 58.4 Å². The van der Waals surface area contributed by atoms with Gasteiger partial charge in [-0.3, -0.25) is 0 Å². The van der Waals surface area contributed by atoms with Gasteiger partial charge >= 0.3 is 5.97 Å². The van der Waals surface area contributed by atoms with Crippen molar-refractivity contribution in [2.24, 2.45) is 0 Å². The highest BCUT2D eigenvalue weighted by atomic mass is 16.4. The lowest BCUT2D eigenvalue weighted by molar-refractivity contribution is 0.0696. The lowest BCUT2D eigenvalue weighted by Gasteiger charge is -2.23. The minimum Gasteiger partial charge on any atom is -0.478 e. The van der Waals surface area contributed by atoms with Crippen molar-refractivity contribution in [2.75, 3.05) is 36.0 Å². The van der Waals surface area contributed by atoms with E-state index in [2.05, 4.69) is 16.0 Å². The molecule has 0 saturated carbocycles. The second-order valence-electron chi connectivity index (χ2n) is 5.74. The summed E-state index contributed by atoms with van der Waals surface area (Å²) in [5.41, 5.74) is 0.583. The van der Waals surface area contributed by atoms with Crippen LogP contribution in [0.4, 0.5) is 11.6 Å². The van der Waals surface area contributed by atoms with Gasteiger partial charge < -0.3 is 20.0 Å². The number of β-amino-alcohol motifs (C(OH)–C–C–N with tert-alkyl or cyclic N) is 1. The van der Waals surface area contributed by atoms with E-state index in [0.717, 1.165) is 0 Å². The number of aliphatic hydroxyl groups is 1. The number of nitrogens with zero attached hydrogens (tertiary/aromatic N) is 5. The van der Waals surface area contributed by atoms with Gasteiger partial charge in [0.25, 0.3) is 0 Å². The molecular weight excluding hydrogens is 322 g/mol. The van der Waals surface area contributed by atoms with E-state index in [0.29, 0.717) is 43.4 Å². The van der Waals surface area contributed by atoms with Crippen LogP contribution in [0.3, 0.4) is 0 Å². The van der Waals surface area contributed by atoms with Gasteiger partial charge in [-0.05, 0) is 24.3 Å². The van der Waals surface area contributed by atoms with Crippen LogP contribution < -0.4 is 9.80 Å². The van der Waals surface area contributed by atoms with Crippen LogP contribution in [0.15, 0.2) is 36.7 Å². The Balaban J connectivity index is 1.79. The first kappa shape index (κ1) is 16.7. The van der Waals surface area contributed by atoms with Crippen molar-refractivity contribution in [1.82, 2.24) is 9.97 Å². The van der Waals surface area contributed by atoms with Gasteiger partial charge in [0.2, 0.25) is 0 Å². The average Bonchev–Trinajstić information content (AvgIpc) is 2.83. The zero-order valence-corrected chi connectivity index (χ0v) is 13.4. The van der Waals surface area contributed by atoms with Crippen LogP contribution >= 0.6 is 0 Å². The van der Waals surface area contributed by atoms with Crippen LogP contribution in [0, 0.1) is 11.3 Å². The quantitative estimate of drug-likeness (QED) is 0.841. The standard InChI is InChI=1S/C17H17N5O3/c18-8-12-2-1-5-19-16(12)22-7-6-21(10-14(23)11-22)15-4-3-13(9-20-15)17(24)25/h1-5,9,14,23H,6-7,10-11H2,(H,24,25)/t14-/m0/s1. The van der Waals surface area contributed by atoms with Crippen LogP contribution in [0.1, 0.15) is 15.9 Å². The summed E-state index contributed by atoms with van der Waals surface area (Å²) < 4.78 is 0. The molecule has 8 nitrogen and oxygen atoms in total. The van der Waals surface area contributed by atoms with Crippen LogP contribution in [0.5, 0.6) is 0 Å². The fraction of sp³-hybridized carbons (Fsp3) is 0.294. The molecule has 3 rings (SSSR count). The third-order valence-electron chi connectivity index (χ3n) is 4.03. The van der Waals surface area contributed by atoms with Crippen LogP contribution in [0.2, 0.25) is 0 Å². The highest BCUT2D eigenvalue weighted by Gasteiger charge is 2.24. The van der Waals surface area contributed by atoms with E-state index in [1.54, 1.807) is 24.4 Å². The molecule has 1 aliphatic heterocycles. The zero-order valence-electron chi connectivity index (χ0n) is 13.4. The summed E-state index contributed by atoms with van der Waals surface area (Å²) in [5.74, 6) is 0.132. The van der Waals surface area contributed by atoms with Crippen molar-refractivity contribution in [3.63, 3.8) is 0 Å². The minimum absolute atomic E-state index is 0.118. The molecule has 1 fully saturated rings. The second kappa shape index (κ2) is 7.15. The topological polar surface area (TPSA) is 114 Å². The predicted octanol–water partition coefficient (Wildman–Crippen LogP) is 0.734. The number of aliphatic hydroxyl groups excluding tert-OH is 1. The Morgan fingerprint density at radius 3 is 2.64 bits per heavy atom. The Hall–Kier alpha value is -3.18. The van der Waals surface area contributed by atoms with Gasteiger partial charge in [-0.1, -0.05) is 0 Å². The Bertz CT molecular complexity index is 803. The third-order valence-corrected chi connectivity index (χ3v) is 4.03. The summed E-state index contributed by atoms with van der Waals surface area (Å²) in [6.45, 7) is 1.85. The van der Waals surface area contributed by atoms with Gasteiger partial charge in [0.1, 0.15) is 17.7 Å². The first-order valence-electron chi connectivity index (χ1n) is 7.81. The Kier molecular flexibility index (Phi) is 4.77. The fourth-order valence-electron chi connectivity index (χ4n) is 2.83. The molecule has 1 atom stereocenters. The normalized spacial score (nSPS) is 17.7. The van der Waals surface area contributed by atoms with Gasteiger partial charge in [-0.15, -0.1) is 0 Å². The van der Waals surface area contributed by atoms with E-state index >= 15 is 0 Å². The van der Waals surface area contributed by atoms with Crippen molar-refractivity contribution in [1.29, 1.82) is 5.26 Å². The molecule has 128 valence electrons. The lowest BCUT2D eigenvalue weighted by atomic mass is 10.2. The summed E-state index contributed by atoms with van der Waals surface area (Å²) in [4.78, 5) is 23.1. The minimum atomic E-state index is -1.03. The number of aromatic carboxylic acids is 1. The smallest absolute Gasteiger partial charge is 0.337 e. The first-order valence-corrected chi connectivity index (χ1v) is 7.81. The molecule has 8 heteroatoms. The molecule has 0 amide bonds. The third kappa shape index (κ3) is 3.67. The molecule has 0 aliphatic carbocycles. The fourth-order valence-corrected chi connectivity index (χ4v) is 2.83. The summed E-state index contributed by atoms with van der Waals surface area (Å²) in [6.07, 6.45) is 2.27. The maximum Gasteiger partial charge on any atom is 0.337 e. The number of hydrogen-bond acceptors (Lipinski definition) is 7. The van der Waals surface area contributed by atoms with E-state index < -0.39 is 12.1 Å². The van der Waals surface area contributed by atoms with Crippen molar-refractivity contribution < 1.29 is 15.0 Å².